The molecule has 2 N–H and O–H groups in total. The number of nitrogens with one attached hydrogen (secondary N) is 2. The number of nitrogens with zero attached hydrogens (tertiary/aromatic N) is 5. The van der Waals surface area contributed by atoms with Crippen LogP contribution in [0.2, 0.25) is 0 Å². The molecule has 0 aliphatic carbocycles. The Bertz CT molecular complexity index is 1680. The average Bonchev–Trinajstić information content (AvgIpc) is 3.02. The number of carbonyl (C=O) groups is 2. The van der Waals surface area contributed by atoms with Gasteiger partial charge in [0.15, 0.2) is 0 Å². The predicted octanol–water partition coefficient (Wildman–Crippen LogP) is 3.56. The predicted molar refractivity (Wildman–Crippen MR) is 175 cm³/mol. The Morgan fingerprint density at radius 2 is 1.74 bits per heavy atom. The van der Waals surface area contributed by atoms with E-state index in [1.807, 2.05) is 4.90 Å². The molecule has 2 aromatic carbocycles. The molecule has 0 spiro atoms. The van der Waals surface area contributed by atoms with Crippen LogP contribution in [0.15, 0.2) is 51.9 Å². The number of aryl methyl sites for hydroxylation is 1. The van der Waals surface area contributed by atoms with Crippen LogP contribution in [0, 0.1) is 11.6 Å². The number of hydrogen-bond donors (Lipinski definition) is 2. The van der Waals surface area contributed by atoms with Gasteiger partial charge in [-0.15, -0.1) is 0 Å². The van der Waals surface area contributed by atoms with Crippen molar-refractivity contribution in [3.8, 4) is 0 Å². The Balaban J connectivity index is 1.05. The molecular formula is C33H38BrF2N7O3. The number of carbonyl (C=O) groups excluding carboxylic acids is 2. The van der Waals surface area contributed by atoms with Crippen LogP contribution in [0.3, 0.4) is 0 Å². The van der Waals surface area contributed by atoms with E-state index in [0.717, 1.165) is 32.1 Å². The SMILES string of the molecule is CN1C[C@@H](Nc2cnn(C)c(=O)c2Br)C[C@@H](c2ccc(CN3CCN(c4cc(C5CCC(=O)NC5=O)c(F)cc4F)CC3)cc2)C1. The maximum absolute atomic E-state index is 14.9. The maximum atomic E-state index is 14.9. The standard InChI is InChI=1S/C33H38BrF2N7O3/c1-40-18-22(13-23(19-40)38-28-16-37-41(2)33(46)31(28)34)21-5-3-20(4-6-21)17-42-9-11-43(12-10-42)29-14-25(26(35)15-27(29)36)24-7-8-30(44)39-32(24)45/h3-6,14-16,22-24,38H,7-13,17-19H2,1-2H3,(H,39,44,45)/t22-,23+,24?/m1/s1. The topological polar surface area (TPSA) is 103 Å². The molecule has 3 aliphatic heterocycles. The van der Waals surface area contributed by atoms with Crippen LogP contribution >= 0.6 is 15.9 Å². The number of aromatic nitrogens is 2. The second kappa shape index (κ2) is 13.6. The molecule has 3 atom stereocenters. The van der Waals surface area contributed by atoms with E-state index in [2.05, 4.69) is 72.8 Å². The van der Waals surface area contributed by atoms with E-state index in [1.54, 1.807) is 13.2 Å². The molecule has 0 saturated carbocycles. The second-order valence-electron chi connectivity index (χ2n) is 12.6. The summed E-state index contributed by atoms with van der Waals surface area (Å²) in [6.45, 7) is 5.12. The number of likely N-dealkylation sites (N-methyl/N-ethyl adjacent to an activating group) is 1. The summed E-state index contributed by atoms with van der Waals surface area (Å²) < 4.78 is 31.4. The van der Waals surface area contributed by atoms with E-state index in [4.69, 9.17) is 0 Å². The van der Waals surface area contributed by atoms with Crippen molar-refractivity contribution in [2.45, 2.75) is 43.7 Å². The molecule has 6 rings (SSSR count). The van der Waals surface area contributed by atoms with Crippen molar-refractivity contribution in [2.75, 3.05) is 56.5 Å². The number of amides is 2. The molecule has 3 aliphatic rings. The van der Waals surface area contributed by atoms with Gasteiger partial charge in [0.2, 0.25) is 11.8 Å². The fourth-order valence-corrected chi connectivity index (χ4v) is 7.32. The van der Waals surface area contributed by atoms with Crippen molar-refractivity contribution in [2.24, 2.45) is 7.05 Å². The maximum Gasteiger partial charge on any atom is 0.282 e. The molecule has 0 radical (unpaired) electrons. The molecule has 1 unspecified atom stereocenters. The van der Waals surface area contributed by atoms with Crippen LogP contribution in [-0.4, -0.2) is 83.8 Å². The van der Waals surface area contributed by atoms with Crippen molar-refractivity contribution >= 4 is 39.1 Å². The smallest absolute Gasteiger partial charge is 0.282 e. The summed E-state index contributed by atoms with van der Waals surface area (Å²) in [5.41, 5.74) is 3.41. The highest BCUT2D eigenvalue weighted by Crippen LogP contribution is 2.33. The van der Waals surface area contributed by atoms with Crippen molar-refractivity contribution in [1.29, 1.82) is 0 Å². The highest BCUT2D eigenvalue weighted by atomic mass is 79.9. The zero-order chi connectivity index (χ0) is 32.5. The summed E-state index contributed by atoms with van der Waals surface area (Å²) in [5.74, 6) is -2.80. The number of likely N-dealkylation sites (tertiary alicyclic amines) is 1. The molecule has 13 heteroatoms. The van der Waals surface area contributed by atoms with Crippen LogP contribution in [-0.2, 0) is 23.2 Å². The molecular weight excluding hydrogens is 660 g/mol. The molecule has 3 saturated heterocycles. The molecule has 4 heterocycles. The van der Waals surface area contributed by atoms with Gasteiger partial charge < -0.3 is 15.1 Å². The third-order valence-corrected chi connectivity index (χ3v) is 10.1. The summed E-state index contributed by atoms with van der Waals surface area (Å²) in [4.78, 5) is 42.7. The van der Waals surface area contributed by atoms with Crippen LogP contribution in [0.5, 0.6) is 0 Å². The number of rotatable bonds is 7. The number of hydrogen-bond acceptors (Lipinski definition) is 8. The summed E-state index contributed by atoms with van der Waals surface area (Å²) in [5, 5.41) is 9.92. The zero-order valence-electron chi connectivity index (χ0n) is 25.9. The first-order chi connectivity index (χ1) is 22.0. The molecule has 2 amide bonds. The summed E-state index contributed by atoms with van der Waals surface area (Å²) in [7, 11) is 3.74. The summed E-state index contributed by atoms with van der Waals surface area (Å²) in [6, 6.07) is 11.2. The fourth-order valence-electron chi connectivity index (χ4n) is 6.85. The first kappa shape index (κ1) is 32.3. The van der Waals surface area contributed by atoms with Gasteiger partial charge in [-0.1, -0.05) is 24.3 Å². The van der Waals surface area contributed by atoms with Crippen LogP contribution in [0.25, 0.3) is 0 Å². The Morgan fingerprint density at radius 3 is 2.46 bits per heavy atom. The van der Waals surface area contributed by atoms with Crippen LogP contribution in [0.1, 0.15) is 47.8 Å². The third kappa shape index (κ3) is 7.01. The normalized spacial score (nSPS) is 23.0. The molecule has 0 bridgehead atoms. The van der Waals surface area contributed by atoms with Gasteiger partial charge in [-0.2, -0.15) is 5.10 Å². The van der Waals surface area contributed by atoms with E-state index in [1.165, 1.54) is 21.9 Å². The number of anilines is 2. The first-order valence-electron chi connectivity index (χ1n) is 15.6. The quantitative estimate of drug-likeness (QED) is 0.362. The number of halogens is 3. The number of piperidine rings is 2. The first-order valence-corrected chi connectivity index (χ1v) is 16.4. The number of piperazine rings is 1. The summed E-state index contributed by atoms with van der Waals surface area (Å²) >= 11 is 3.41. The van der Waals surface area contributed by atoms with Crippen LogP contribution < -0.4 is 21.1 Å². The van der Waals surface area contributed by atoms with E-state index in [9.17, 15) is 23.2 Å². The zero-order valence-corrected chi connectivity index (χ0v) is 27.5. The Labute approximate surface area is 274 Å². The van der Waals surface area contributed by atoms with Crippen molar-refractivity contribution in [3.05, 3.63) is 85.7 Å². The lowest BCUT2D eigenvalue weighted by Crippen LogP contribution is -2.46. The molecule has 3 aromatic rings. The monoisotopic (exact) mass is 697 g/mol. The lowest BCUT2D eigenvalue weighted by molar-refractivity contribution is -0.134. The lowest BCUT2D eigenvalue weighted by Gasteiger charge is -2.37. The van der Waals surface area contributed by atoms with Gasteiger partial charge in [0.05, 0.1) is 23.5 Å². The van der Waals surface area contributed by atoms with Gasteiger partial charge in [0.1, 0.15) is 16.1 Å². The average molecular weight is 699 g/mol. The minimum absolute atomic E-state index is 0.130. The molecule has 10 nitrogen and oxygen atoms in total. The largest absolute Gasteiger partial charge is 0.379 e. The number of imide groups is 1. The highest BCUT2D eigenvalue weighted by Gasteiger charge is 2.32. The Hall–Kier alpha value is -3.68. The molecule has 46 heavy (non-hydrogen) atoms. The fraction of sp³-hybridized carbons (Fsp3) is 0.455. The van der Waals surface area contributed by atoms with E-state index in [0.29, 0.717) is 42.3 Å². The highest BCUT2D eigenvalue weighted by molar-refractivity contribution is 9.10. The van der Waals surface area contributed by atoms with Gasteiger partial charge in [-0.05, 0) is 58.9 Å². The van der Waals surface area contributed by atoms with Gasteiger partial charge in [-0.25, -0.2) is 13.5 Å². The van der Waals surface area contributed by atoms with Gasteiger partial charge in [-0.3, -0.25) is 24.6 Å². The molecule has 244 valence electrons. The van der Waals surface area contributed by atoms with Gasteiger partial charge in [0, 0.05) is 77.0 Å². The van der Waals surface area contributed by atoms with Crippen molar-refractivity contribution in [3.63, 3.8) is 0 Å². The molecule has 1 aromatic heterocycles. The van der Waals surface area contributed by atoms with E-state index >= 15 is 0 Å². The van der Waals surface area contributed by atoms with Crippen LogP contribution in [0.4, 0.5) is 20.2 Å². The van der Waals surface area contributed by atoms with Crippen molar-refractivity contribution < 1.29 is 18.4 Å². The minimum atomic E-state index is -0.809. The Morgan fingerprint density at radius 1 is 1.00 bits per heavy atom. The molecule has 3 fully saturated rings. The second-order valence-corrected chi connectivity index (χ2v) is 13.4. The number of benzene rings is 2. The van der Waals surface area contributed by atoms with E-state index in [-0.39, 0.29) is 41.6 Å². The third-order valence-electron chi connectivity index (χ3n) is 9.32. The lowest BCUT2D eigenvalue weighted by atomic mass is 9.87. The van der Waals surface area contributed by atoms with Gasteiger partial charge >= 0.3 is 0 Å². The Kier molecular flexibility index (Phi) is 9.53. The minimum Gasteiger partial charge on any atom is -0.379 e. The van der Waals surface area contributed by atoms with Crippen molar-refractivity contribution in [1.82, 2.24) is 24.9 Å². The summed E-state index contributed by atoms with van der Waals surface area (Å²) in [6.07, 6.45) is 2.95. The van der Waals surface area contributed by atoms with Gasteiger partial charge in [0.25, 0.3) is 5.56 Å². The van der Waals surface area contributed by atoms with E-state index < -0.39 is 23.5 Å².